The van der Waals surface area contributed by atoms with Gasteiger partial charge in [-0.15, -0.1) is 0 Å². The average molecular weight is 260 g/mol. The molecule has 0 bridgehead atoms. The third-order valence-electron chi connectivity index (χ3n) is 3.41. The van der Waals surface area contributed by atoms with Gasteiger partial charge in [-0.2, -0.15) is 5.26 Å². The molecular formula is C13H16N4O2. The van der Waals surface area contributed by atoms with Crippen LogP contribution in [0.15, 0.2) is 18.2 Å². The van der Waals surface area contributed by atoms with E-state index in [2.05, 4.69) is 11.0 Å². The minimum absolute atomic E-state index is 0.191. The molecular weight excluding hydrogens is 244 g/mol. The van der Waals surface area contributed by atoms with Gasteiger partial charge in [0.1, 0.15) is 5.69 Å². The van der Waals surface area contributed by atoms with Gasteiger partial charge in [0.05, 0.1) is 17.5 Å². The Bertz CT molecular complexity index is 516. The lowest BCUT2D eigenvalue weighted by Crippen LogP contribution is -2.46. The molecule has 0 radical (unpaired) electrons. The molecule has 1 aromatic carbocycles. The molecule has 6 heteroatoms. The number of nitro groups is 1. The third-order valence-corrected chi connectivity index (χ3v) is 3.41. The first-order chi connectivity index (χ1) is 9.13. The van der Waals surface area contributed by atoms with Crippen LogP contribution >= 0.6 is 0 Å². The second kappa shape index (κ2) is 5.67. The van der Waals surface area contributed by atoms with Gasteiger partial charge in [-0.05, 0) is 13.0 Å². The van der Waals surface area contributed by atoms with E-state index in [0.717, 1.165) is 13.1 Å². The van der Waals surface area contributed by atoms with Crippen molar-refractivity contribution in [1.29, 1.82) is 5.26 Å². The van der Waals surface area contributed by atoms with Crippen molar-refractivity contribution in [3.8, 4) is 6.07 Å². The first-order valence-corrected chi connectivity index (χ1v) is 6.21. The van der Waals surface area contributed by atoms with Crippen LogP contribution < -0.4 is 4.90 Å². The summed E-state index contributed by atoms with van der Waals surface area (Å²) in [5.41, 5.74) is 1.56. The summed E-state index contributed by atoms with van der Waals surface area (Å²) in [5.74, 6) is 0. The normalized spacial score (nSPS) is 16.1. The van der Waals surface area contributed by atoms with Gasteiger partial charge in [0.25, 0.3) is 5.69 Å². The number of piperazine rings is 1. The van der Waals surface area contributed by atoms with Gasteiger partial charge < -0.3 is 4.90 Å². The fourth-order valence-corrected chi connectivity index (χ4v) is 2.38. The van der Waals surface area contributed by atoms with Crippen LogP contribution in [0.3, 0.4) is 0 Å². The van der Waals surface area contributed by atoms with E-state index in [1.165, 1.54) is 0 Å². The molecule has 1 fully saturated rings. The second-order valence-corrected chi connectivity index (χ2v) is 4.62. The zero-order chi connectivity index (χ0) is 13.8. The lowest BCUT2D eigenvalue weighted by molar-refractivity contribution is -0.384. The highest BCUT2D eigenvalue weighted by Crippen LogP contribution is 2.31. The summed E-state index contributed by atoms with van der Waals surface area (Å²) in [4.78, 5) is 14.9. The lowest BCUT2D eigenvalue weighted by Gasteiger charge is -2.34. The van der Waals surface area contributed by atoms with Gasteiger partial charge in [0.2, 0.25) is 0 Å². The molecule has 1 saturated heterocycles. The Morgan fingerprint density at radius 3 is 2.63 bits per heavy atom. The molecule has 1 aliphatic heterocycles. The van der Waals surface area contributed by atoms with E-state index in [1.54, 1.807) is 19.1 Å². The van der Waals surface area contributed by atoms with Gasteiger partial charge in [-0.25, -0.2) is 0 Å². The van der Waals surface area contributed by atoms with E-state index in [9.17, 15) is 10.1 Å². The minimum atomic E-state index is -0.313. The summed E-state index contributed by atoms with van der Waals surface area (Å²) in [6, 6.07) is 7.53. The first-order valence-electron chi connectivity index (χ1n) is 6.21. The van der Waals surface area contributed by atoms with Crippen molar-refractivity contribution in [3.05, 3.63) is 33.9 Å². The molecule has 0 aromatic heterocycles. The van der Waals surface area contributed by atoms with Crippen molar-refractivity contribution in [2.75, 3.05) is 37.6 Å². The van der Waals surface area contributed by atoms with Crippen LogP contribution in [0.2, 0.25) is 0 Å². The molecule has 0 amide bonds. The highest BCUT2D eigenvalue weighted by Gasteiger charge is 2.24. The topological polar surface area (TPSA) is 73.4 Å². The SMILES string of the molecule is Cc1cccc(N2CCN(CC#N)CC2)c1[N+](=O)[O-]. The Morgan fingerprint density at radius 1 is 1.37 bits per heavy atom. The number of aryl methyl sites for hydroxylation is 1. The number of hydrogen-bond donors (Lipinski definition) is 0. The largest absolute Gasteiger partial charge is 0.363 e. The van der Waals surface area contributed by atoms with Crippen molar-refractivity contribution in [1.82, 2.24) is 4.90 Å². The lowest BCUT2D eigenvalue weighted by atomic mass is 10.1. The summed E-state index contributed by atoms with van der Waals surface area (Å²) in [7, 11) is 0. The van der Waals surface area contributed by atoms with Crippen molar-refractivity contribution >= 4 is 11.4 Å². The number of hydrogen-bond acceptors (Lipinski definition) is 5. The van der Waals surface area contributed by atoms with Crippen LogP contribution in [0.5, 0.6) is 0 Å². The molecule has 0 unspecified atom stereocenters. The second-order valence-electron chi connectivity index (χ2n) is 4.62. The van der Waals surface area contributed by atoms with Crippen LogP contribution in [0, 0.1) is 28.4 Å². The van der Waals surface area contributed by atoms with Crippen LogP contribution in [-0.2, 0) is 0 Å². The van der Waals surface area contributed by atoms with Crippen molar-refractivity contribution in [3.63, 3.8) is 0 Å². The molecule has 1 heterocycles. The maximum Gasteiger partial charge on any atom is 0.295 e. The van der Waals surface area contributed by atoms with Gasteiger partial charge in [0, 0.05) is 31.7 Å². The summed E-state index contributed by atoms with van der Waals surface area (Å²) in [6.45, 7) is 5.13. The number of nitriles is 1. The Hall–Kier alpha value is -2.13. The Balaban J connectivity index is 2.18. The molecule has 19 heavy (non-hydrogen) atoms. The van der Waals surface area contributed by atoms with E-state index in [0.29, 0.717) is 30.9 Å². The summed E-state index contributed by atoms with van der Waals surface area (Å²) >= 11 is 0. The quantitative estimate of drug-likeness (QED) is 0.468. The average Bonchev–Trinajstić information content (AvgIpc) is 2.39. The minimum Gasteiger partial charge on any atom is -0.363 e. The summed E-state index contributed by atoms with van der Waals surface area (Å²) in [6.07, 6.45) is 0. The zero-order valence-corrected chi connectivity index (χ0v) is 10.9. The van der Waals surface area contributed by atoms with E-state index in [-0.39, 0.29) is 10.6 Å². The fourth-order valence-electron chi connectivity index (χ4n) is 2.38. The highest BCUT2D eigenvalue weighted by atomic mass is 16.6. The maximum absolute atomic E-state index is 11.2. The molecule has 0 N–H and O–H groups in total. The molecule has 2 rings (SSSR count). The van der Waals surface area contributed by atoms with Gasteiger partial charge in [0.15, 0.2) is 0 Å². The number of benzene rings is 1. The molecule has 0 aliphatic carbocycles. The predicted octanol–water partition coefficient (Wildman–Crippen LogP) is 1.55. The van der Waals surface area contributed by atoms with Crippen LogP contribution in [0.1, 0.15) is 5.56 Å². The molecule has 0 spiro atoms. The smallest absolute Gasteiger partial charge is 0.295 e. The molecule has 6 nitrogen and oxygen atoms in total. The van der Waals surface area contributed by atoms with Gasteiger partial charge in [-0.3, -0.25) is 15.0 Å². The van der Waals surface area contributed by atoms with Crippen molar-refractivity contribution in [2.45, 2.75) is 6.92 Å². The third kappa shape index (κ3) is 2.83. The first kappa shape index (κ1) is 13.3. The van der Waals surface area contributed by atoms with Crippen molar-refractivity contribution < 1.29 is 4.92 Å². The van der Waals surface area contributed by atoms with Crippen LogP contribution in [0.4, 0.5) is 11.4 Å². The molecule has 1 aromatic rings. The molecule has 100 valence electrons. The van der Waals surface area contributed by atoms with E-state index >= 15 is 0 Å². The number of nitrogens with zero attached hydrogens (tertiary/aromatic N) is 4. The van der Waals surface area contributed by atoms with Crippen LogP contribution in [-0.4, -0.2) is 42.5 Å². The van der Waals surface area contributed by atoms with Gasteiger partial charge >= 0.3 is 0 Å². The van der Waals surface area contributed by atoms with E-state index < -0.39 is 0 Å². The Kier molecular flexibility index (Phi) is 3.97. The maximum atomic E-state index is 11.2. The summed E-state index contributed by atoms with van der Waals surface area (Å²) in [5, 5.41) is 19.8. The number of nitro benzene ring substituents is 1. The standard InChI is InChI=1S/C13H16N4O2/c1-11-3-2-4-12(13(11)17(18)19)16-9-7-15(6-5-14)8-10-16/h2-4H,6-10H2,1H3. The molecule has 1 aliphatic rings. The number of anilines is 1. The van der Waals surface area contributed by atoms with E-state index in [4.69, 9.17) is 5.26 Å². The molecule has 0 atom stereocenters. The predicted molar refractivity (Wildman–Crippen MR) is 72.1 cm³/mol. The zero-order valence-electron chi connectivity index (χ0n) is 10.9. The van der Waals surface area contributed by atoms with Crippen molar-refractivity contribution in [2.24, 2.45) is 0 Å². The summed E-state index contributed by atoms with van der Waals surface area (Å²) < 4.78 is 0. The highest BCUT2D eigenvalue weighted by molar-refractivity contribution is 5.66. The van der Waals surface area contributed by atoms with Gasteiger partial charge in [-0.1, -0.05) is 12.1 Å². The number of para-hydroxylation sites is 1. The number of rotatable bonds is 3. The Labute approximate surface area is 112 Å². The van der Waals surface area contributed by atoms with Crippen LogP contribution in [0.25, 0.3) is 0 Å². The fraction of sp³-hybridized carbons (Fsp3) is 0.462. The Morgan fingerprint density at radius 2 is 2.05 bits per heavy atom. The monoisotopic (exact) mass is 260 g/mol. The van der Waals surface area contributed by atoms with E-state index in [1.807, 2.05) is 11.0 Å². The molecule has 0 saturated carbocycles.